The van der Waals surface area contributed by atoms with Crippen LogP contribution in [0.15, 0.2) is 0 Å². The first-order chi connectivity index (χ1) is 11.5. The summed E-state index contributed by atoms with van der Waals surface area (Å²) in [6, 6.07) is 0. The number of thiol groups is 2. The van der Waals surface area contributed by atoms with Gasteiger partial charge in [0.2, 0.25) is 16.0 Å². The summed E-state index contributed by atoms with van der Waals surface area (Å²) in [5.41, 5.74) is 0. The lowest BCUT2D eigenvalue weighted by atomic mass is 9.99. The number of ether oxygens (including phenoxy) is 3. The summed E-state index contributed by atoms with van der Waals surface area (Å²) in [5, 5.41) is 57.0. The van der Waals surface area contributed by atoms with Crippen LogP contribution in [0.3, 0.4) is 0 Å². The Morgan fingerprint density at radius 1 is 0.920 bits per heavy atom. The lowest BCUT2D eigenvalue weighted by molar-refractivity contribution is -0.322. The van der Waals surface area contributed by atoms with Gasteiger partial charge in [0, 0.05) is 0 Å². The van der Waals surface area contributed by atoms with Gasteiger partial charge in [0.25, 0.3) is 0 Å². The second kappa shape index (κ2) is 7.74. The van der Waals surface area contributed by atoms with Crippen molar-refractivity contribution in [2.45, 2.75) is 54.8 Å². The number of rotatable bonds is 5. The Balaban J connectivity index is 2.06. The maximum atomic E-state index is 11.3. The van der Waals surface area contributed by atoms with Crippen LogP contribution < -0.4 is 0 Å². The maximum Gasteiger partial charge on any atom is 0.219 e. The molecule has 2 heterocycles. The first kappa shape index (κ1) is 21.0. The van der Waals surface area contributed by atoms with E-state index in [1.54, 1.807) is 0 Å². The summed E-state index contributed by atoms with van der Waals surface area (Å²) >= 11 is 6.93. The molecule has 2 aliphatic heterocycles. The molecule has 144 valence electrons. The van der Waals surface area contributed by atoms with Crippen molar-refractivity contribution in [3.63, 3.8) is 0 Å². The van der Waals surface area contributed by atoms with E-state index in [1.165, 1.54) is 0 Å². The second-order valence-corrected chi connectivity index (χ2v) is 6.58. The fourth-order valence-corrected chi connectivity index (χ4v) is 2.92. The van der Waals surface area contributed by atoms with Gasteiger partial charge >= 0.3 is 0 Å². The second-order valence-electron chi connectivity index (χ2n) is 5.70. The Morgan fingerprint density at radius 3 is 1.96 bits per heavy atom. The van der Waals surface area contributed by atoms with Gasteiger partial charge in [-0.2, -0.15) is 0 Å². The Kier molecular flexibility index (Phi) is 6.49. The van der Waals surface area contributed by atoms with E-state index in [9.17, 15) is 40.2 Å². The molecule has 0 amide bonds. The summed E-state index contributed by atoms with van der Waals surface area (Å²) < 4.78 is 14.9. The van der Waals surface area contributed by atoms with Crippen molar-refractivity contribution in [2.24, 2.45) is 0 Å². The predicted octanol–water partition coefficient (Wildman–Crippen LogP) is -4.47. The molecule has 6 N–H and O–H groups in total. The van der Waals surface area contributed by atoms with Crippen LogP contribution in [0.4, 0.5) is 0 Å². The minimum Gasteiger partial charge on any atom is -0.387 e. The van der Waals surface area contributed by atoms with E-state index in [2.05, 4.69) is 25.3 Å². The molecule has 2 rings (SSSR count). The van der Waals surface area contributed by atoms with Crippen LogP contribution in [0.5, 0.6) is 0 Å². The molecule has 2 fully saturated rings. The van der Waals surface area contributed by atoms with E-state index in [-0.39, 0.29) is 0 Å². The highest BCUT2D eigenvalue weighted by atomic mass is 32.1. The van der Waals surface area contributed by atoms with Gasteiger partial charge in [-0.25, -0.2) is 0 Å². The van der Waals surface area contributed by atoms with E-state index in [0.717, 1.165) is 0 Å². The van der Waals surface area contributed by atoms with Crippen LogP contribution in [0.2, 0.25) is 0 Å². The van der Waals surface area contributed by atoms with Crippen molar-refractivity contribution >= 4 is 35.5 Å². The highest BCUT2D eigenvalue weighted by Crippen LogP contribution is 2.32. The normalized spacial score (nSPS) is 47.7. The summed E-state index contributed by atoms with van der Waals surface area (Å²) in [7, 11) is 0. The molecule has 0 unspecified atom stereocenters. The highest BCUT2D eigenvalue weighted by Gasteiger charge is 2.56. The summed E-state index contributed by atoms with van der Waals surface area (Å²) in [5.74, 6) is -2.55. The molecule has 0 aromatic rings. The van der Waals surface area contributed by atoms with Crippen LogP contribution >= 0.6 is 25.3 Å². The zero-order valence-electron chi connectivity index (χ0n) is 12.4. The third kappa shape index (κ3) is 4.01. The first-order valence-electron chi connectivity index (χ1n) is 7.03. The van der Waals surface area contributed by atoms with Gasteiger partial charge in [-0.1, -0.05) is 0 Å². The largest absolute Gasteiger partial charge is 0.387 e. The topological polar surface area (TPSA) is 183 Å². The number of carbonyl (C=O) groups is 2. The van der Waals surface area contributed by atoms with Crippen molar-refractivity contribution in [1.29, 1.82) is 0 Å². The van der Waals surface area contributed by atoms with Crippen molar-refractivity contribution < 1.29 is 54.4 Å². The Labute approximate surface area is 151 Å². The molecule has 2 saturated heterocycles. The number of hydrogen-bond donors (Lipinski definition) is 8. The van der Waals surface area contributed by atoms with E-state index in [1.807, 2.05) is 0 Å². The third-order valence-electron chi connectivity index (χ3n) is 3.94. The first-order valence-corrected chi connectivity index (χ1v) is 7.92. The molecule has 0 aromatic heterocycles. The molecule has 0 bridgehead atoms. The Morgan fingerprint density at radius 2 is 1.48 bits per heavy atom. The fraction of sp³-hybridized carbons (Fsp3) is 0.833. The summed E-state index contributed by atoms with van der Waals surface area (Å²) in [6.45, 7) is -0.916. The lowest BCUT2D eigenvalue weighted by Gasteiger charge is -2.40. The number of aliphatic hydroxyl groups is 6. The summed E-state index contributed by atoms with van der Waals surface area (Å²) in [6.07, 6.45) is -14.1. The average molecular weight is 402 g/mol. The molecule has 0 aliphatic carbocycles. The lowest BCUT2D eigenvalue weighted by Crippen LogP contribution is -2.60. The van der Waals surface area contributed by atoms with Gasteiger partial charge in [-0.3, -0.25) is 9.59 Å². The molecule has 0 saturated carbocycles. The molecular formula is C12H18O11S2. The molecule has 13 heteroatoms. The predicted molar refractivity (Wildman–Crippen MR) is 82.5 cm³/mol. The molecule has 11 nitrogen and oxygen atoms in total. The van der Waals surface area contributed by atoms with Crippen LogP contribution in [-0.4, -0.2) is 102 Å². The minimum atomic E-state index is -2.55. The van der Waals surface area contributed by atoms with Gasteiger partial charge in [-0.15, -0.1) is 25.3 Å². The minimum absolute atomic E-state index is 0.916. The molecule has 0 aromatic carbocycles. The quantitative estimate of drug-likeness (QED) is 0.208. The monoisotopic (exact) mass is 402 g/mol. The van der Waals surface area contributed by atoms with Crippen LogP contribution in [0.1, 0.15) is 0 Å². The SMILES string of the molecule is O=C(S)[C@H]1O[C@](O)(CO[C@H]2O[C@H](C(=O)S)[C@@H](O)[C@H](O)[C@H]2O)[C@@H](O)[C@@H]1O. The molecule has 9 atom stereocenters. The van der Waals surface area contributed by atoms with E-state index >= 15 is 0 Å². The van der Waals surface area contributed by atoms with Crippen molar-refractivity contribution in [3.8, 4) is 0 Å². The third-order valence-corrected chi connectivity index (χ3v) is 4.45. The molecule has 0 spiro atoms. The molecule has 0 radical (unpaired) electrons. The van der Waals surface area contributed by atoms with Crippen molar-refractivity contribution in [1.82, 2.24) is 0 Å². The molecule has 2 aliphatic rings. The van der Waals surface area contributed by atoms with Crippen LogP contribution in [0.25, 0.3) is 0 Å². The summed E-state index contributed by atoms with van der Waals surface area (Å²) in [4.78, 5) is 22.5. The molecule has 25 heavy (non-hydrogen) atoms. The average Bonchev–Trinajstić information content (AvgIpc) is 2.77. The maximum absolute atomic E-state index is 11.3. The van der Waals surface area contributed by atoms with Gasteiger partial charge in [0.05, 0.1) is 0 Å². The zero-order chi connectivity index (χ0) is 19.1. The van der Waals surface area contributed by atoms with Crippen molar-refractivity contribution in [2.75, 3.05) is 6.61 Å². The van der Waals surface area contributed by atoms with Gasteiger partial charge in [0.15, 0.2) is 18.5 Å². The number of aliphatic hydroxyl groups excluding tert-OH is 5. The van der Waals surface area contributed by atoms with Gasteiger partial charge in [0.1, 0.15) is 37.1 Å². The van der Waals surface area contributed by atoms with Gasteiger partial charge in [-0.05, 0) is 0 Å². The standard InChI is InChI=1S/C12H18O11S2/c13-2-3(14)6(9(18)24)22-11(4(2)15)21-1-12(20)8(17)5(16)7(23-12)10(19)25/h2-8,11,13-17,20H,1H2,(H,18,24)(H,19,25)/t2-,3-,4+,5+,6-,7-,8-,11-,12+/m0/s1. The van der Waals surface area contributed by atoms with Gasteiger partial charge < -0.3 is 44.8 Å². The van der Waals surface area contributed by atoms with E-state index in [4.69, 9.17) is 14.2 Å². The fourth-order valence-electron chi connectivity index (χ4n) is 2.50. The molecular weight excluding hydrogens is 384 g/mol. The smallest absolute Gasteiger partial charge is 0.219 e. The van der Waals surface area contributed by atoms with Crippen LogP contribution in [-0.2, 0) is 23.8 Å². The van der Waals surface area contributed by atoms with E-state index < -0.39 is 71.6 Å². The van der Waals surface area contributed by atoms with Crippen LogP contribution in [0, 0.1) is 0 Å². The Hall–Kier alpha value is -0.320. The zero-order valence-corrected chi connectivity index (χ0v) is 14.2. The number of hydrogen-bond acceptors (Lipinski definition) is 11. The van der Waals surface area contributed by atoms with Crippen molar-refractivity contribution in [3.05, 3.63) is 0 Å². The number of carbonyl (C=O) groups excluding carboxylic acids is 2. The highest BCUT2D eigenvalue weighted by molar-refractivity contribution is 7.97. The van der Waals surface area contributed by atoms with E-state index in [0.29, 0.717) is 0 Å². The Bertz CT molecular complexity index is 533.